The van der Waals surface area contributed by atoms with Crippen molar-refractivity contribution in [2.75, 3.05) is 12.4 Å². The van der Waals surface area contributed by atoms with E-state index in [0.717, 1.165) is 23.1 Å². The Labute approximate surface area is 197 Å². The number of unbranched alkanes of at least 4 members (excludes halogenated alkanes) is 1. The van der Waals surface area contributed by atoms with Crippen molar-refractivity contribution in [3.8, 4) is 11.4 Å². The number of amides is 1. The minimum atomic E-state index is -0.319. The quantitative estimate of drug-likeness (QED) is 0.383. The van der Waals surface area contributed by atoms with Crippen molar-refractivity contribution in [2.24, 2.45) is 0 Å². The second-order valence-electron chi connectivity index (χ2n) is 7.60. The maximum absolute atomic E-state index is 12.4. The van der Waals surface area contributed by atoms with E-state index in [1.165, 1.54) is 18.4 Å². The molecule has 3 aromatic carbocycles. The van der Waals surface area contributed by atoms with Crippen LogP contribution in [0.15, 0.2) is 66.7 Å². The van der Waals surface area contributed by atoms with Crippen LogP contribution < -0.4 is 15.4 Å². The van der Waals surface area contributed by atoms with Crippen LogP contribution in [0.25, 0.3) is 16.7 Å². The van der Waals surface area contributed by atoms with E-state index >= 15 is 0 Å². The summed E-state index contributed by atoms with van der Waals surface area (Å²) in [6.45, 7) is 2.19. The van der Waals surface area contributed by atoms with Crippen LogP contribution in [0.1, 0.15) is 35.7 Å². The van der Waals surface area contributed by atoms with Gasteiger partial charge in [-0.3, -0.25) is 10.1 Å². The smallest absolute Gasteiger partial charge is 0.257 e. The van der Waals surface area contributed by atoms with Crippen LogP contribution in [0, 0.1) is 0 Å². The monoisotopic (exact) mass is 459 g/mol. The third-order valence-electron chi connectivity index (χ3n) is 5.18. The Balaban J connectivity index is 1.43. The number of fused-ring (bicyclic) bond motifs is 1. The number of hydrogen-bond acceptors (Lipinski definition) is 5. The second-order valence-corrected chi connectivity index (χ2v) is 8.01. The SMILES string of the molecule is CCCCc1ccc(-n2nc3ccc(NC(=S)NC(=O)c4cccc(OC)c4)cc3n2)cc1. The number of nitrogens with one attached hydrogen (secondary N) is 2. The van der Waals surface area contributed by atoms with Gasteiger partial charge < -0.3 is 10.1 Å². The summed E-state index contributed by atoms with van der Waals surface area (Å²) in [4.78, 5) is 14.1. The Morgan fingerprint density at radius 2 is 1.82 bits per heavy atom. The average Bonchev–Trinajstić information content (AvgIpc) is 3.26. The molecule has 168 valence electrons. The van der Waals surface area contributed by atoms with Crippen LogP contribution in [0.2, 0.25) is 0 Å². The molecule has 1 aromatic heterocycles. The molecule has 2 N–H and O–H groups in total. The molecule has 8 heteroatoms. The zero-order valence-electron chi connectivity index (χ0n) is 18.5. The molecule has 0 spiro atoms. The molecule has 0 saturated carbocycles. The molecule has 1 amide bonds. The number of aryl methyl sites for hydroxylation is 1. The summed E-state index contributed by atoms with van der Waals surface area (Å²) in [5, 5.41) is 15.1. The molecule has 0 aliphatic carbocycles. The molecule has 0 saturated heterocycles. The minimum Gasteiger partial charge on any atom is -0.497 e. The van der Waals surface area contributed by atoms with Crippen molar-refractivity contribution < 1.29 is 9.53 Å². The molecule has 0 aliphatic rings. The molecule has 4 rings (SSSR count). The first-order chi connectivity index (χ1) is 16.1. The van der Waals surface area contributed by atoms with Crippen LogP contribution in [0.5, 0.6) is 5.75 Å². The van der Waals surface area contributed by atoms with Gasteiger partial charge in [0.25, 0.3) is 5.91 Å². The van der Waals surface area contributed by atoms with Crippen molar-refractivity contribution in [1.82, 2.24) is 20.3 Å². The fraction of sp³-hybridized carbons (Fsp3) is 0.200. The van der Waals surface area contributed by atoms with Gasteiger partial charge in [0, 0.05) is 11.3 Å². The van der Waals surface area contributed by atoms with Crippen LogP contribution >= 0.6 is 12.2 Å². The van der Waals surface area contributed by atoms with Crippen molar-refractivity contribution in [1.29, 1.82) is 0 Å². The number of anilines is 1. The highest BCUT2D eigenvalue weighted by molar-refractivity contribution is 7.80. The summed E-state index contributed by atoms with van der Waals surface area (Å²) in [6.07, 6.45) is 3.44. The largest absolute Gasteiger partial charge is 0.497 e. The first-order valence-corrected chi connectivity index (χ1v) is 11.2. The van der Waals surface area contributed by atoms with E-state index in [1.807, 2.05) is 30.3 Å². The lowest BCUT2D eigenvalue weighted by Crippen LogP contribution is -2.34. The molecule has 7 nitrogen and oxygen atoms in total. The fourth-order valence-corrected chi connectivity index (χ4v) is 3.60. The summed E-state index contributed by atoms with van der Waals surface area (Å²) in [6, 6.07) is 20.7. The summed E-state index contributed by atoms with van der Waals surface area (Å²) < 4.78 is 5.16. The highest BCUT2D eigenvalue weighted by Crippen LogP contribution is 2.18. The zero-order chi connectivity index (χ0) is 23.2. The zero-order valence-corrected chi connectivity index (χ0v) is 19.4. The van der Waals surface area contributed by atoms with E-state index in [0.29, 0.717) is 17.0 Å². The van der Waals surface area contributed by atoms with Gasteiger partial charge in [-0.1, -0.05) is 31.5 Å². The summed E-state index contributed by atoms with van der Waals surface area (Å²) in [5.74, 6) is 0.284. The Kier molecular flexibility index (Phi) is 6.95. The number of carbonyl (C=O) groups is 1. The minimum absolute atomic E-state index is 0.192. The van der Waals surface area contributed by atoms with Crippen LogP contribution in [-0.4, -0.2) is 33.1 Å². The number of ether oxygens (including phenoxy) is 1. The van der Waals surface area contributed by atoms with Gasteiger partial charge in [-0.15, -0.1) is 10.2 Å². The van der Waals surface area contributed by atoms with Gasteiger partial charge in [-0.25, -0.2) is 0 Å². The maximum Gasteiger partial charge on any atom is 0.257 e. The van der Waals surface area contributed by atoms with E-state index in [1.54, 1.807) is 36.2 Å². The summed E-state index contributed by atoms with van der Waals surface area (Å²) in [5.41, 5.74) is 4.87. The molecule has 0 radical (unpaired) electrons. The van der Waals surface area contributed by atoms with Crippen LogP contribution in [0.3, 0.4) is 0 Å². The number of hydrogen-bond donors (Lipinski definition) is 2. The van der Waals surface area contributed by atoms with Crippen molar-refractivity contribution in [2.45, 2.75) is 26.2 Å². The van der Waals surface area contributed by atoms with E-state index in [-0.39, 0.29) is 11.0 Å². The Morgan fingerprint density at radius 1 is 1.03 bits per heavy atom. The van der Waals surface area contributed by atoms with Crippen molar-refractivity contribution in [3.05, 3.63) is 77.9 Å². The lowest BCUT2D eigenvalue weighted by atomic mass is 10.1. The third-order valence-corrected chi connectivity index (χ3v) is 5.39. The molecule has 33 heavy (non-hydrogen) atoms. The number of rotatable bonds is 7. The molecular formula is C25H25N5O2S. The number of aromatic nitrogens is 3. The molecule has 0 fully saturated rings. The molecule has 1 heterocycles. The molecule has 0 unspecified atom stereocenters. The predicted octanol–water partition coefficient (Wildman–Crippen LogP) is 4.90. The Bertz CT molecular complexity index is 1280. The summed E-state index contributed by atoms with van der Waals surface area (Å²) >= 11 is 5.30. The lowest BCUT2D eigenvalue weighted by Gasteiger charge is -2.10. The molecule has 4 aromatic rings. The Morgan fingerprint density at radius 3 is 2.58 bits per heavy atom. The van der Waals surface area contributed by atoms with E-state index in [4.69, 9.17) is 17.0 Å². The van der Waals surface area contributed by atoms with Gasteiger partial charge in [0.2, 0.25) is 0 Å². The number of nitrogens with zero attached hydrogens (tertiary/aromatic N) is 3. The van der Waals surface area contributed by atoms with E-state index < -0.39 is 0 Å². The van der Waals surface area contributed by atoms with Gasteiger partial charge >= 0.3 is 0 Å². The second kappa shape index (κ2) is 10.2. The number of benzene rings is 3. The lowest BCUT2D eigenvalue weighted by molar-refractivity contribution is 0.0977. The molecule has 0 atom stereocenters. The number of methoxy groups -OCH3 is 1. The Hall–Kier alpha value is -3.78. The van der Waals surface area contributed by atoms with Gasteiger partial charge in [0.1, 0.15) is 16.8 Å². The standard InChI is InChI=1S/C25H25N5O2S/c1-3-4-6-17-9-12-20(13-10-17)30-28-22-14-11-19(16-23(22)29-30)26-25(33)27-24(31)18-7-5-8-21(15-18)32-2/h5,7-16H,3-4,6H2,1-2H3,(H2,26,27,31,33). The fourth-order valence-electron chi connectivity index (χ4n) is 3.39. The van der Waals surface area contributed by atoms with Gasteiger partial charge in [-0.05, 0) is 79.2 Å². The van der Waals surface area contributed by atoms with Gasteiger partial charge in [0.05, 0.1) is 12.8 Å². The van der Waals surface area contributed by atoms with Crippen LogP contribution in [0.4, 0.5) is 5.69 Å². The molecule has 0 aliphatic heterocycles. The first-order valence-electron chi connectivity index (χ1n) is 10.8. The topological polar surface area (TPSA) is 81.1 Å². The van der Waals surface area contributed by atoms with Crippen molar-refractivity contribution in [3.63, 3.8) is 0 Å². The van der Waals surface area contributed by atoms with Crippen molar-refractivity contribution >= 4 is 40.0 Å². The van der Waals surface area contributed by atoms with Gasteiger partial charge in [-0.2, -0.15) is 4.80 Å². The third kappa shape index (κ3) is 5.53. The number of carbonyl (C=O) groups excluding carboxylic acids is 1. The average molecular weight is 460 g/mol. The van der Waals surface area contributed by atoms with Crippen LogP contribution in [-0.2, 0) is 6.42 Å². The normalized spacial score (nSPS) is 10.7. The highest BCUT2D eigenvalue weighted by atomic mass is 32.1. The first kappa shape index (κ1) is 22.4. The highest BCUT2D eigenvalue weighted by Gasteiger charge is 2.10. The molecule has 0 bridgehead atoms. The molecular weight excluding hydrogens is 434 g/mol. The maximum atomic E-state index is 12.4. The summed E-state index contributed by atoms with van der Waals surface area (Å²) in [7, 11) is 1.55. The number of thiocarbonyl (C=S) groups is 1. The van der Waals surface area contributed by atoms with E-state index in [9.17, 15) is 4.79 Å². The predicted molar refractivity (Wildman–Crippen MR) is 134 cm³/mol. The van der Waals surface area contributed by atoms with Gasteiger partial charge in [0.15, 0.2) is 5.11 Å². The van der Waals surface area contributed by atoms with E-state index in [2.05, 4.69) is 39.9 Å².